The highest BCUT2D eigenvalue weighted by molar-refractivity contribution is 6.61. The summed E-state index contributed by atoms with van der Waals surface area (Å²) in [6.07, 6.45) is 1.38. The van der Waals surface area contributed by atoms with E-state index in [9.17, 15) is 4.39 Å². The van der Waals surface area contributed by atoms with Crippen molar-refractivity contribution in [2.75, 3.05) is 0 Å². The van der Waals surface area contributed by atoms with Gasteiger partial charge in [0.15, 0.2) is 0 Å². The first-order valence-corrected chi connectivity index (χ1v) is 5.77. The fraction of sp³-hybridized carbons (Fsp3) is 0.545. The molecule has 0 unspecified atom stereocenters. The zero-order valence-corrected chi connectivity index (χ0v) is 11.0. The highest BCUT2D eigenvalue weighted by Crippen LogP contribution is 2.36. The first-order chi connectivity index (χ1) is 7.73. The molecule has 1 saturated heterocycles. The van der Waals surface area contributed by atoms with E-state index < -0.39 is 24.1 Å². The molecule has 0 saturated carbocycles. The number of rotatable bonds is 1. The van der Waals surface area contributed by atoms with Crippen molar-refractivity contribution in [3.05, 3.63) is 23.1 Å². The van der Waals surface area contributed by atoms with Crippen LogP contribution in [-0.4, -0.2) is 23.3 Å². The van der Waals surface area contributed by atoms with Crippen LogP contribution < -0.4 is 5.59 Å². The Morgan fingerprint density at radius 1 is 1.24 bits per heavy atom. The summed E-state index contributed by atoms with van der Waals surface area (Å²) in [6.45, 7) is 7.61. The van der Waals surface area contributed by atoms with E-state index in [0.29, 0.717) is 0 Å². The fourth-order valence-corrected chi connectivity index (χ4v) is 1.70. The summed E-state index contributed by atoms with van der Waals surface area (Å²) in [5.41, 5.74) is -0.885. The molecule has 6 heteroatoms. The van der Waals surface area contributed by atoms with Crippen LogP contribution in [0.5, 0.6) is 0 Å². The van der Waals surface area contributed by atoms with Crippen molar-refractivity contribution in [2.45, 2.75) is 38.9 Å². The lowest BCUT2D eigenvalue weighted by Gasteiger charge is -2.32. The number of nitrogens with zero attached hydrogens (tertiary/aromatic N) is 1. The van der Waals surface area contributed by atoms with E-state index in [1.807, 2.05) is 27.7 Å². The summed E-state index contributed by atoms with van der Waals surface area (Å²) >= 11 is 5.65. The predicted molar refractivity (Wildman–Crippen MR) is 64.9 cm³/mol. The van der Waals surface area contributed by atoms with Gasteiger partial charge >= 0.3 is 7.12 Å². The smallest absolute Gasteiger partial charge is 0.398 e. The van der Waals surface area contributed by atoms with Crippen LogP contribution in [0.4, 0.5) is 4.39 Å². The quantitative estimate of drug-likeness (QED) is 0.723. The first kappa shape index (κ1) is 12.8. The predicted octanol–water partition coefficient (Wildman–Crippen LogP) is 2.17. The van der Waals surface area contributed by atoms with Gasteiger partial charge in [0.05, 0.1) is 16.2 Å². The molecule has 0 aliphatic carbocycles. The molecular formula is C11H14BClFNO2. The monoisotopic (exact) mass is 257 g/mol. The summed E-state index contributed by atoms with van der Waals surface area (Å²) in [5, 5.41) is 0.253. The maximum Gasteiger partial charge on any atom is 0.517 e. The molecular weight excluding hydrogens is 243 g/mol. The van der Waals surface area contributed by atoms with E-state index in [1.54, 1.807) is 0 Å². The molecule has 0 spiro atoms. The van der Waals surface area contributed by atoms with Gasteiger partial charge in [0, 0.05) is 6.20 Å². The Morgan fingerprint density at radius 3 is 2.24 bits per heavy atom. The molecule has 17 heavy (non-hydrogen) atoms. The van der Waals surface area contributed by atoms with Gasteiger partial charge in [0.2, 0.25) is 0 Å². The van der Waals surface area contributed by atoms with Crippen molar-refractivity contribution < 1.29 is 13.7 Å². The Kier molecular flexibility index (Phi) is 2.96. The van der Waals surface area contributed by atoms with Gasteiger partial charge < -0.3 is 9.31 Å². The molecule has 0 N–H and O–H groups in total. The van der Waals surface area contributed by atoms with E-state index in [1.165, 1.54) is 12.3 Å². The van der Waals surface area contributed by atoms with Crippen molar-refractivity contribution in [1.29, 1.82) is 0 Å². The average molecular weight is 258 g/mol. The Bertz CT molecular complexity index is 437. The van der Waals surface area contributed by atoms with Gasteiger partial charge in [-0.05, 0) is 33.8 Å². The van der Waals surface area contributed by atoms with Crippen molar-refractivity contribution >= 4 is 24.3 Å². The molecule has 92 valence electrons. The van der Waals surface area contributed by atoms with E-state index in [-0.39, 0.29) is 10.6 Å². The van der Waals surface area contributed by atoms with Gasteiger partial charge in [-0.3, -0.25) is 4.98 Å². The minimum absolute atomic E-state index is 0.132. The summed E-state index contributed by atoms with van der Waals surface area (Å²) in [6, 6.07) is 1.20. The van der Waals surface area contributed by atoms with E-state index in [2.05, 4.69) is 4.98 Å². The number of halogens is 2. The van der Waals surface area contributed by atoms with Crippen LogP contribution in [0.1, 0.15) is 27.7 Å². The Hall–Kier alpha value is -0.645. The molecule has 1 aliphatic rings. The van der Waals surface area contributed by atoms with Crippen LogP contribution >= 0.6 is 11.6 Å². The molecule has 0 aromatic carbocycles. The van der Waals surface area contributed by atoms with E-state index >= 15 is 0 Å². The lowest BCUT2D eigenvalue weighted by atomic mass is 9.84. The van der Waals surface area contributed by atoms with E-state index in [0.717, 1.165) is 0 Å². The lowest BCUT2D eigenvalue weighted by molar-refractivity contribution is 0.00578. The van der Waals surface area contributed by atoms with Crippen LogP contribution in [0, 0.1) is 5.82 Å². The van der Waals surface area contributed by atoms with Gasteiger partial charge in [-0.1, -0.05) is 11.6 Å². The maximum absolute atomic E-state index is 13.7. The summed E-state index contributed by atoms with van der Waals surface area (Å²) in [7, 11) is -0.794. The minimum Gasteiger partial charge on any atom is -0.398 e. The third-order valence-electron chi connectivity index (χ3n) is 3.31. The topological polar surface area (TPSA) is 31.4 Å². The van der Waals surface area contributed by atoms with Crippen LogP contribution in [0.25, 0.3) is 0 Å². The molecule has 3 nitrogen and oxygen atoms in total. The van der Waals surface area contributed by atoms with Gasteiger partial charge in [0.1, 0.15) is 11.4 Å². The van der Waals surface area contributed by atoms with Crippen molar-refractivity contribution in [3.8, 4) is 0 Å². The second kappa shape index (κ2) is 3.94. The molecule has 0 bridgehead atoms. The Labute approximate surface area is 105 Å². The van der Waals surface area contributed by atoms with Crippen molar-refractivity contribution in [2.24, 2.45) is 0 Å². The average Bonchev–Trinajstić information content (AvgIpc) is 2.35. The standard InChI is InChI=1S/C11H14BClFNO2/c1-10(2)11(3,4)17-12(16-10)9-8(14)5-7(13)6-15-9/h5-6H,1-4H3. The molecule has 0 atom stereocenters. The molecule has 1 aromatic rings. The zero-order valence-electron chi connectivity index (χ0n) is 10.3. The number of pyridine rings is 1. The number of hydrogen-bond acceptors (Lipinski definition) is 3. The SMILES string of the molecule is CC1(C)OB(c2ncc(Cl)cc2F)OC1(C)C. The molecule has 0 radical (unpaired) electrons. The van der Waals surface area contributed by atoms with Crippen molar-refractivity contribution in [3.63, 3.8) is 0 Å². The molecule has 2 rings (SSSR count). The maximum atomic E-state index is 13.7. The first-order valence-electron chi connectivity index (χ1n) is 5.39. The second-order valence-corrected chi connectivity index (χ2v) is 5.55. The van der Waals surface area contributed by atoms with E-state index in [4.69, 9.17) is 20.9 Å². The van der Waals surface area contributed by atoms with Crippen molar-refractivity contribution in [1.82, 2.24) is 4.98 Å². The van der Waals surface area contributed by atoms with Gasteiger partial charge in [-0.25, -0.2) is 4.39 Å². The number of hydrogen-bond donors (Lipinski definition) is 0. The fourth-order valence-electron chi connectivity index (χ4n) is 1.55. The minimum atomic E-state index is -0.794. The van der Waals surface area contributed by atoms with Gasteiger partial charge in [0.25, 0.3) is 0 Å². The van der Waals surface area contributed by atoms with Gasteiger partial charge in [-0.15, -0.1) is 0 Å². The summed E-state index contributed by atoms with van der Waals surface area (Å²) in [5.74, 6) is -0.518. The second-order valence-electron chi connectivity index (χ2n) is 5.11. The molecule has 1 aromatic heterocycles. The van der Waals surface area contributed by atoms with Crippen LogP contribution in [0.3, 0.4) is 0 Å². The molecule has 1 aliphatic heterocycles. The highest BCUT2D eigenvalue weighted by Gasteiger charge is 2.53. The molecule has 0 amide bonds. The summed E-state index contributed by atoms with van der Waals surface area (Å²) in [4.78, 5) is 3.93. The molecule has 1 fully saturated rings. The van der Waals surface area contributed by atoms with Crippen LogP contribution in [0.15, 0.2) is 12.3 Å². The normalized spacial score (nSPS) is 21.9. The third kappa shape index (κ3) is 2.19. The number of aromatic nitrogens is 1. The van der Waals surface area contributed by atoms with Crippen LogP contribution in [0.2, 0.25) is 5.02 Å². The van der Waals surface area contributed by atoms with Gasteiger partial charge in [-0.2, -0.15) is 0 Å². The summed E-state index contributed by atoms with van der Waals surface area (Å²) < 4.78 is 25.1. The largest absolute Gasteiger partial charge is 0.517 e. The highest BCUT2D eigenvalue weighted by atomic mass is 35.5. The zero-order chi connectivity index (χ0) is 12.8. The third-order valence-corrected chi connectivity index (χ3v) is 3.52. The molecule has 2 heterocycles. The lowest BCUT2D eigenvalue weighted by Crippen LogP contribution is -2.41. The Balaban J connectivity index is 2.32. The van der Waals surface area contributed by atoms with Crippen LogP contribution in [-0.2, 0) is 9.31 Å². The Morgan fingerprint density at radius 2 is 1.76 bits per heavy atom.